The highest BCUT2D eigenvalue weighted by Crippen LogP contribution is 2.45. The number of carbonyl (C=O) groups is 2. The molecule has 4 atom stereocenters. The van der Waals surface area contributed by atoms with E-state index in [0.717, 1.165) is 11.1 Å². The zero-order valence-corrected chi connectivity index (χ0v) is 22.1. The molecule has 2 heterocycles. The van der Waals surface area contributed by atoms with E-state index in [2.05, 4.69) is 0 Å². The third kappa shape index (κ3) is 5.72. The third-order valence-corrected chi connectivity index (χ3v) is 8.15. The minimum absolute atomic E-state index is 0.0539. The molecule has 3 amide bonds. The zero-order chi connectivity index (χ0) is 28.9. The van der Waals surface area contributed by atoms with Crippen LogP contribution in [0.2, 0.25) is 0 Å². The lowest BCUT2D eigenvalue weighted by atomic mass is 9.78. The molecule has 2 aliphatic rings. The number of benzene rings is 2. The number of nitrogens with zero attached hydrogens (tertiary/aromatic N) is 3. The van der Waals surface area contributed by atoms with Crippen molar-refractivity contribution in [3.05, 3.63) is 70.3 Å². The van der Waals surface area contributed by atoms with Gasteiger partial charge in [0.05, 0.1) is 23.2 Å². The first kappa shape index (κ1) is 28.8. The Morgan fingerprint density at radius 2 is 1.56 bits per heavy atom. The molecule has 0 aliphatic carbocycles. The Balaban J connectivity index is 1.69. The predicted molar refractivity (Wildman–Crippen MR) is 132 cm³/mol. The minimum Gasteiger partial charge on any atom is -0.342 e. The van der Waals surface area contributed by atoms with E-state index in [1.165, 1.54) is 25.8 Å². The van der Waals surface area contributed by atoms with E-state index in [-0.39, 0.29) is 29.4 Å². The molecule has 39 heavy (non-hydrogen) atoms. The number of urea groups is 1. The van der Waals surface area contributed by atoms with Crippen molar-refractivity contribution < 1.29 is 35.9 Å². The van der Waals surface area contributed by atoms with Crippen molar-refractivity contribution in [1.82, 2.24) is 14.7 Å². The largest absolute Gasteiger partial charge is 0.416 e. The van der Waals surface area contributed by atoms with Crippen molar-refractivity contribution in [2.45, 2.75) is 51.6 Å². The van der Waals surface area contributed by atoms with E-state index in [1.807, 2.05) is 31.2 Å². The van der Waals surface area contributed by atoms with Gasteiger partial charge in [-0.15, -0.1) is 0 Å². The van der Waals surface area contributed by atoms with Gasteiger partial charge in [0.2, 0.25) is 5.91 Å². The molecule has 11 heteroatoms. The van der Waals surface area contributed by atoms with Crippen LogP contribution in [0.5, 0.6) is 0 Å². The maximum atomic E-state index is 13.9. The molecular weight excluding hydrogens is 524 g/mol. The number of fused-ring (bicyclic) bond motifs is 1. The van der Waals surface area contributed by atoms with Gasteiger partial charge in [0.25, 0.3) is 0 Å². The fraction of sp³-hybridized carbons (Fsp3) is 0.500. The molecule has 2 fully saturated rings. The van der Waals surface area contributed by atoms with Gasteiger partial charge in [-0.05, 0) is 61.1 Å². The topological polar surface area (TPSA) is 43.9 Å². The molecule has 2 saturated heterocycles. The molecule has 2 aromatic carbocycles. The highest BCUT2D eigenvalue weighted by Gasteiger charge is 2.47. The molecule has 0 spiro atoms. The summed E-state index contributed by atoms with van der Waals surface area (Å²) >= 11 is 0. The van der Waals surface area contributed by atoms with Gasteiger partial charge in [0.15, 0.2) is 0 Å². The maximum Gasteiger partial charge on any atom is 0.416 e. The number of likely N-dealkylation sites (tertiary alicyclic amines) is 2. The number of hydrogen-bond acceptors (Lipinski definition) is 2. The number of alkyl halides is 6. The molecule has 3 unspecified atom stereocenters. The zero-order valence-electron chi connectivity index (χ0n) is 22.1. The first-order valence-electron chi connectivity index (χ1n) is 12.7. The van der Waals surface area contributed by atoms with E-state index >= 15 is 0 Å². The highest BCUT2D eigenvalue weighted by atomic mass is 19.4. The molecule has 212 valence electrons. The van der Waals surface area contributed by atoms with Crippen molar-refractivity contribution >= 4 is 11.9 Å². The van der Waals surface area contributed by atoms with E-state index in [4.69, 9.17) is 0 Å². The number of hydrogen-bond donors (Lipinski definition) is 0. The van der Waals surface area contributed by atoms with Gasteiger partial charge in [-0.2, -0.15) is 26.3 Å². The SMILES string of the molecule is CC(=O)N1CC2CCN(C(=O)N(C)C(C)c3cc(C(F)(F)F)cc(C(F)(F)F)c3)C(c3ccccc3C)[C@@H]2C1. The van der Waals surface area contributed by atoms with Crippen LogP contribution >= 0.6 is 0 Å². The summed E-state index contributed by atoms with van der Waals surface area (Å²) in [6.45, 7) is 6.23. The van der Waals surface area contributed by atoms with E-state index in [9.17, 15) is 35.9 Å². The van der Waals surface area contributed by atoms with Crippen LogP contribution in [0.3, 0.4) is 0 Å². The molecule has 2 aliphatic heterocycles. The number of rotatable bonds is 3. The first-order valence-corrected chi connectivity index (χ1v) is 12.7. The average Bonchev–Trinajstić information content (AvgIpc) is 3.31. The van der Waals surface area contributed by atoms with Gasteiger partial charge in [0, 0.05) is 39.5 Å². The molecule has 0 aromatic heterocycles. The first-order chi connectivity index (χ1) is 18.1. The van der Waals surface area contributed by atoms with Crippen LogP contribution in [-0.4, -0.2) is 53.3 Å². The standard InChI is InChI=1S/C28H31F6N3O2/c1-16-7-5-6-8-23(16)25-24-15-36(18(3)38)14-19(24)9-10-37(25)26(39)35(4)17(2)20-11-21(27(29,30)31)13-22(12-20)28(32,33)34/h5-8,11-13,17,19,24-25H,9-10,14-15H2,1-4H3/t17?,19?,24-,25?/m1/s1. The van der Waals surface area contributed by atoms with Gasteiger partial charge in [-0.25, -0.2) is 4.79 Å². The van der Waals surface area contributed by atoms with Crippen LogP contribution in [0.1, 0.15) is 60.2 Å². The molecule has 4 rings (SSSR count). The maximum absolute atomic E-state index is 13.9. The Labute approximate surface area is 223 Å². The Bertz CT molecular complexity index is 1210. The van der Waals surface area contributed by atoms with Gasteiger partial charge in [-0.1, -0.05) is 24.3 Å². The summed E-state index contributed by atoms with van der Waals surface area (Å²) in [5.74, 6) is 0.0615. The van der Waals surface area contributed by atoms with Crippen LogP contribution in [0, 0.1) is 18.8 Å². The van der Waals surface area contributed by atoms with Crippen molar-refractivity contribution in [2.24, 2.45) is 11.8 Å². The number of piperidine rings is 1. The number of carbonyl (C=O) groups excluding carboxylic acids is 2. The van der Waals surface area contributed by atoms with Crippen LogP contribution in [0.15, 0.2) is 42.5 Å². The van der Waals surface area contributed by atoms with Gasteiger partial charge >= 0.3 is 18.4 Å². The van der Waals surface area contributed by atoms with Crippen molar-refractivity contribution in [2.75, 3.05) is 26.7 Å². The molecule has 0 saturated carbocycles. The van der Waals surface area contributed by atoms with Crippen LogP contribution in [0.25, 0.3) is 0 Å². The lowest BCUT2D eigenvalue weighted by Gasteiger charge is -2.45. The summed E-state index contributed by atoms with van der Waals surface area (Å²) in [5.41, 5.74) is -1.25. The summed E-state index contributed by atoms with van der Waals surface area (Å²) in [4.78, 5) is 30.7. The molecule has 2 aromatic rings. The fourth-order valence-corrected chi connectivity index (χ4v) is 5.84. The normalized spacial score (nSPS) is 22.5. The molecule has 0 N–H and O–H groups in total. The second-order valence-corrected chi connectivity index (χ2v) is 10.5. The van der Waals surface area contributed by atoms with Crippen LogP contribution in [-0.2, 0) is 17.1 Å². The summed E-state index contributed by atoms with van der Waals surface area (Å²) in [5, 5.41) is 0. The second-order valence-electron chi connectivity index (χ2n) is 10.5. The van der Waals surface area contributed by atoms with Gasteiger partial charge < -0.3 is 14.7 Å². The number of aryl methyl sites for hydroxylation is 1. The highest BCUT2D eigenvalue weighted by molar-refractivity contribution is 5.76. The quantitative estimate of drug-likeness (QED) is 0.397. The Hall–Kier alpha value is -3.24. The average molecular weight is 556 g/mol. The molecular formula is C28H31F6N3O2. The predicted octanol–water partition coefficient (Wildman–Crippen LogP) is 6.69. The van der Waals surface area contributed by atoms with Crippen molar-refractivity contribution in [3.8, 4) is 0 Å². The number of amides is 3. The Morgan fingerprint density at radius 3 is 2.10 bits per heavy atom. The summed E-state index contributed by atoms with van der Waals surface area (Å²) in [6, 6.07) is 7.02. The third-order valence-electron chi connectivity index (χ3n) is 8.15. The summed E-state index contributed by atoms with van der Waals surface area (Å²) in [7, 11) is 1.39. The van der Waals surface area contributed by atoms with Crippen LogP contribution < -0.4 is 0 Å². The lowest BCUT2D eigenvalue weighted by Crippen LogP contribution is -2.51. The van der Waals surface area contributed by atoms with Crippen LogP contribution in [0.4, 0.5) is 31.1 Å². The van der Waals surface area contributed by atoms with Gasteiger partial charge in [0.1, 0.15) is 0 Å². The minimum atomic E-state index is -4.98. The molecule has 0 bridgehead atoms. The van der Waals surface area contributed by atoms with Gasteiger partial charge in [-0.3, -0.25) is 4.79 Å². The summed E-state index contributed by atoms with van der Waals surface area (Å²) < 4.78 is 80.7. The Kier molecular flexibility index (Phi) is 7.66. The molecule has 0 radical (unpaired) electrons. The number of halogens is 6. The molecule has 5 nitrogen and oxygen atoms in total. The summed E-state index contributed by atoms with van der Waals surface area (Å²) in [6.07, 6.45) is -9.34. The van der Waals surface area contributed by atoms with Crippen molar-refractivity contribution in [3.63, 3.8) is 0 Å². The second kappa shape index (κ2) is 10.4. The lowest BCUT2D eigenvalue weighted by molar-refractivity contribution is -0.143. The smallest absolute Gasteiger partial charge is 0.342 e. The van der Waals surface area contributed by atoms with E-state index < -0.39 is 41.6 Å². The Morgan fingerprint density at radius 1 is 0.974 bits per heavy atom. The fourth-order valence-electron chi connectivity index (χ4n) is 5.84. The monoisotopic (exact) mass is 555 g/mol. The van der Waals surface area contributed by atoms with Crippen molar-refractivity contribution in [1.29, 1.82) is 0 Å². The van der Waals surface area contributed by atoms with E-state index in [1.54, 1.807) is 9.80 Å². The van der Waals surface area contributed by atoms with E-state index in [0.29, 0.717) is 38.2 Å².